The normalized spacial score (nSPS) is 11.0. The highest BCUT2D eigenvalue weighted by atomic mass is 79.9. The molecule has 28 heavy (non-hydrogen) atoms. The predicted octanol–water partition coefficient (Wildman–Crippen LogP) is 5.14. The molecule has 2 heterocycles. The first-order chi connectivity index (χ1) is 13.4. The number of hydrogen-bond donors (Lipinski definition) is 2. The third-order valence-electron chi connectivity index (χ3n) is 4.60. The van der Waals surface area contributed by atoms with Crippen molar-refractivity contribution in [2.75, 3.05) is 5.32 Å². The summed E-state index contributed by atoms with van der Waals surface area (Å²) in [4.78, 5) is 13.1. The van der Waals surface area contributed by atoms with E-state index in [1.165, 1.54) is 5.56 Å². The Balaban J connectivity index is 1.86. The molecule has 4 rings (SSSR count). The average molecular weight is 453 g/mol. The Kier molecular flexibility index (Phi) is 5.00. The van der Waals surface area contributed by atoms with Crippen LogP contribution in [0.4, 0.5) is 5.69 Å². The number of fused-ring (bicyclic) bond motifs is 1. The second kappa shape index (κ2) is 7.45. The number of thiol groups is 1. The second-order valence-electron chi connectivity index (χ2n) is 6.74. The highest BCUT2D eigenvalue weighted by Crippen LogP contribution is 2.24. The van der Waals surface area contributed by atoms with E-state index in [4.69, 9.17) is 12.6 Å². The van der Waals surface area contributed by atoms with Crippen LogP contribution in [0, 0.1) is 13.8 Å². The third kappa shape index (κ3) is 3.45. The zero-order valence-electron chi connectivity index (χ0n) is 15.5. The number of amides is 1. The monoisotopic (exact) mass is 452 g/mol. The molecule has 1 amide bonds. The molecule has 0 fully saturated rings. The molecule has 0 aliphatic heterocycles. The number of anilines is 1. The lowest BCUT2D eigenvalue weighted by molar-refractivity contribution is -0.514. The molecule has 0 aliphatic rings. The molecular weight excluding hydrogens is 434 g/mol. The largest absolute Gasteiger partial charge is 0.319 e. The van der Waals surface area contributed by atoms with Crippen molar-refractivity contribution in [3.8, 4) is 5.69 Å². The SMILES string of the molecule is Cc1ccc(NC(=O)c2c(S)n(-c3ccc(C)cc3)c3ccc(Br)c[n+]23)cc1. The quantitative estimate of drug-likeness (QED) is 0.327. The molecular formula is C22H19BrN3OS+. The molecule has 1 N–H and O–H groups in total. The van der Waals surface area contributed by atoms with Crippen LogP contribution >= 0.6 is 28.6 Å². The van der Waals surface area contributed by atoms with Gasteiger partial charge in [-0.25, -0.2) is 0 Å². The fourth-order valence-corrected chi connectivity index (χ4v) is 3.90. The lowest BCUT2D eigenvalue weighted by Gasteiger charge is -2.03. The molecule has 0 spiro atoms. The van der Waals surface area contributed by atoms with Gasteiger partial charge >= 0.3 is 5.91 Å². The molecule has 0 atom stereocenters. The van der Waals surface area contributed by atoms with Crippen LogP contribution in [0.1, 0.15) is 21.6 Å². The van der Waals surface area contributed by atoms with E-state index in [0.29, 0.717) is 10.7 Å². The number of carbonyl (C=O) groups excluding carboxylic acids is 1. The first kappa shape index (κ1) is 18.8. The van der Waals surface area contributed by atoms with Gasteiger partial charge in [0.2, 0.25) is 5.03 Å². The molecule has 4 aromatic rings. The molecule has 140 valence electrons. The average Bonchev–Trinajstić information content (AvgIpc) is 2.95. The Morgan fingerprint density at radius 2 is 1.57 bits per heavy atom. The number of nitrogens with zero attached hydrogens (tertiary/aromatic N) is 2. The third-order valence-corrected chi connectivity index (χ3v) is 5.48. The van der Waals surface area contributed by atoms with Crippen molar-refractivity contribution in [1.29, 1.82) is 0 Å². The van der Waals surface area contributed by atoms with Gasteiger partial charge in [-0.1, -0.05) is 48.0 Å². The van der Waals surface area contributed by atoms with Crippen molar-refractivity contribution in [3.63, 3.8) is 0 Å². The minimum atomic E-state index is -0.215. The molecule has 0 saturated carbocycles. The number of hydrogen-bond acceptors (Lipinski definition) is 2. The number of rotatable bonds is 3. The fourth-order valence-electron chi connectivity index (χ4n) is 3.14. The van der Waals surface area contributed by atoms with Gasteiger partial charge in [-0.05, 0) is 60.1 Å². The maximum atomic E-state index is 13.1. The van der Waals surface area contributed by atoms with Gasteiger partial charge in [0.25, 0.3) is 11.3 Å². The van der Waals surface area contributed by atoms with Crippen molar-refractivity contribution in [3.05, 3.63) is 88.2 Å². The van der Waals surface area contributed by atoms with Crippen LogP contribution in [0.25, 0.3) is 11.3 Å². The Labute approximate surface area is 177 Å². The van der Waals surface area contributed by atoms with Crippen LogP contribution in [0.3, 0.4) is 0 Å². The Bertz CT molecular complexity index is 1180. The van der Waals surface area contributed by atoms with Gasteiger partial charge in [0.15, 0.2) is 0 Å². The topological polar surface area (TPSA) is 38.1 Å². The van der Waals surface area contributed by atoms with E-state index in [9.17, 15) is 4.79 Å². The summed E-state index contributed by atoms with van der Waals surface area (Å²) in [6.07, 6.45) is 1.88. The van der Waals surface area contributed by atoms with Crippen molar-refractivity contribution < 1.29 is 9.20 Å². The van der Waals surface area contributed by atoms with E-state index in [-0.39, 0.29) is 5.91 Å². The van der Waals surface area contributed by atoms with Crippen LogP contribution < -0.4 is 9.72 Å². The zero-order valence-corrected chi connectivity index (χ0v) is 18.0. The van der Waals surface area contributed by atoms with Gasteiger partial charge in [0.05, 0.1) is 4.47 Å². The summed E-state index contributed by atoms with van der Waals surface area (Å²) in [5.74, 6) is -0.215. The van der Waals surface area contributed by atoms with Gasteiger partial charge in [-0.15, -0.1) is 0 Å². The summed E-state index contributed by atoms with van der Waals surface area (Å²) < 4.78 is 4.71. The summed E-state index contributed by atoms with van der Waals surface area (Å²) in [7, 11) is 0. The summed E-state index contributed by atoms with van der Waals surface area (Å²) in [5.41, 5.74) is 5.34. The van der Waals surface area contributed by atoms with Crippen LogP contribution in [0.2, 0.25) is 0 Å². The number of aromatic nitrogens is 2. The zero-order chi connectivity index (χ0) is 19.8. The summed E-state index contributed by atoms with van der Waals surface area (Å²) in [5, 5.41) is 3.55. The van der Waals surface area contributed by atoms with E-state index >= 15 is 0 Å². The molecule has 0 aliphatic carbocycles. The highest BCUT2D eigenvalue weighted by molar-refractivity contribution is 9.10. The minimum Gasteiger partial charge on any atom is -0.319 e. The molecule has 2 aromatic heterocycles. The number of pyridine rings is 1. The summed E-state index contributed by atoms with van der Waals surface area (Å²) in [6, 6.07) is 19.8. The van der Waals surface area contributed by atoms with Crippen molar-refractivity contribution >= 4 is 45.8 Å². The highest BCUT2D eigenvalue weighted by Gasteiger charge is 2.30. The Morgan fingerprint density at radius 3 is 2.21 bits per heavy atom. The van der Waals surface area contributed by atoms with E-state index in [2.05, 4.69) is 21.2 Å². The number of carbonyl (C=O) groups is 1. The first-order valence-corrected chi connectivity index (χ1v) is 10.1. The minimum absolute atomic E-state index is 0.215. The summed E-state index contributed by atoms with van der Waals surface area (Å²) >= 11 is 8.23. The smallest absolute Gasteiger partial charge is 0.301 e. The van der Waals surface area contributed by atoms with Crippen LogP contribution in [-0.4, -0.2) is 10.5 Å². The number of benzene rings is 2. The van der Waals surface area contributed by atoms with Gasteiger partial charge in [0.1, 0.15) is 11.9 Å². The van der Waals surface area contributed by atoms with E-state index in [1.54, 1.807) is 0 Å². The number of nitrogens with one attached hydrogen (secondary N) is 1. The molecule has 0 saturated heterocycles. The van der Waals surface area contributed by atoms with Crippen molar-refractivity contribution in [1.82, 2.24) is 4.57 Å². The molecule has 0 unspecified atom stereocenters. The molecule has 0 bridgehead atoms. The first-order valence-electron chi connectivity index (χ1n) is 8.84. The van der Waals surface area contributed by atoms with Gasteiger partial charge in [-0.2, -0.15) is 8.97 Å². The second-order valence-corrected chi connectivity index (χ2v) is 8.08. The molecule has 2 aromatic carbocycles. The van der Waals surface area contributed by atoms with Crippen LogP contribution in [0.15, 0.2) is 76.4 Å². The summed E-state index contributed by atoms with van der Waals surface area (Å²) in [6.45, 7) is 4.06. The van der Waals surface area contributed by atoms with Crippen molar-refractivity contribution in [2.45, 2.75) is 18.9 Å². The van der Waals surface area contributed by atoms with E-state index in [1.807, 2.05) is 89.7 Å². The lowest BCUT2D eigenvalue weighted by atomic mass is 10.2. The number of halogens is 1. The van der Waals surface area contributed by atoms with Crippen LogP contribution in [0.5, 0.6) is 0 Å². The molecule has 6 heteroatoms. The maximum Gasteiger partial charge on any atom is 0.301 e. The lowest BCUT2D eigenvalue weighted by Crippen LogP contribution is -2.31. The van der Waals surface area contributed by atoms with Gasteiger partial charge in [0, 0.05) is 11.8 Å². The standard InChI is InChI=1S/C22H18BrN3OS/c1-14-3-8-17(9-4-14)24-21(27)20-22(28)26(18-10-5-15(2)6-11-18)19-12-7-16(23)13-25(19)20/h3-13H,1-2H3,(H-,24,27,28)/p+1. The predicted molar refractivity (Wildman–Crippen MR) is 118 cm³/mol. The fraction of sp³-hybridized carbons (Fsp3) is 0.0909. The van der Waals surface area contributed by atoms with E-state index < -0.39 is 0 Å². The van der Waals surface area contributed by atoms with E-state index in [0.717, 1.165) is 27.1 Å². The van der Waals surface area contributed by atoms with Crippen LogP contribution in [-0.2, 0) is 0 Å². The number of aryl methyl sites for hydroxylation is 2. The van der Waals surface area contributed by atoms with Gasteiger partial charge in [-0.3, -0.25) is 4.79 Å². The number of imidazole rings is 1. The Morgan fingerprint density at radius 1 is 0.964 bits per heavy atom. The molecule has 4 nitrogen and oxygen atoms in total. The maximum absolute atomic E-state index is 13.1. The molecule has 0 radical (unpaired) electrons. The van der Waals surface area contributed by atoms with Crippen molar-refractivity contribution in [2.24, 2.45) is 0 Å². The van der Waals surface area contributed by atoms with Gasteiger partial charge < -0.3 is 5.32 Å². The Hall–Kier alpha value is -2.57.